The predicted octanol–water partition coefficient (Wildman–Crippen LogP) is 2.21. The third kappa shape index (κ3) is 2.95. The van der Waals surface area contributed by atoms with Crippen LogP contribution in [0.15, 0.2) is 30.5 Å². The summed E-state index contributed by atoms with van der Waals surface area (Å²) in [6.45, 7) is 2.78. The summed E-state index contributed by atoms with van der Waals surface area (Å²) in [5.74, 6) is 3.85. The van der Waals surface area contributed by atoms with E-state index >= 15 is 0 Å². The van der Waals surface area contributed by atoms with Gasteiger partial charge in [0.15, 0.2) is 11.5 Å². The van der Waals surface area contributed by atoms with Gasteiger partial charge in [0.25, 0.3) is 0 Å². The van der Waals surface area contributed by atoms with Crippen LogP contribution >= 0.6 is 0 Å². The van der Waals surface area contributed by atoms with Crippen molar-refractivity contribution in [2.45, 2.75) is 25.2 Å². The summed E-state index contributed by atoms with van der Waals surface area (Å²) in [4.78, 5) is 6.53. The lowest BCUT2D eigenvalue weighted by Crippen LogP contribution is -2.50. The van der Waals surface area contributed by atoms with Crippen LogP contribution in [0.3, 0.4) is 0 Å². The molecule has 2 aliphatic rings. The fourth-order valence-electron chi connectivity index (χ4n) is 3.58. The van der Waals surface area contributed by atoms with E-state index in [4.69, 9.17) is 10.4 Å². The molecule has 0 spiro atoms. The van der Waals surface area contributed by atoms with Crippen molar-refractivity contribution in [1.29, 1.82) is 5.26 Å². The molecule has 0 aromatic carbocycles. The molecule has 0 bridgehead atoms. The molecular weight excluding hydrogens is 340 g/mol. The van der Waals surface area contributed by atoms with E-state index in [-0.39, 0.29) is 0 Å². The number of nitrogens with zero attached hydrogens (tertiary/aromatic N) is 7. The molecule has 5 rings (SSSR count). The number of nitriles is 1. The first-order valence-electron chi connectivity index (χ1n) is 9.37. The van der Waals surface area contributed by atoms with Gasteiger partial charge in [0, 0.05) is 37.7 Å². The maximum atomic E-state index is 8.82. The Kier molecular flexibility index (Phi) is 3.85. The van der Waals surface area contributed by atoms with Crippen molar-refractivity contribution in [1.82, 2.24) is 24.8 Å². The highest BCUT2D eigenvalue weighted by atomic mass is 15.4. The number of hydrogen-bond acceptors (Lipinski definition) is 7. The van der Waals surface area contributed by atoms with Gasteiger partial charge < -0.3 is 10.2 Å². The van der Waals surface area contributed by atoms with E-state index in [2.05, 4.69) is 31.5 Å². The summed E-state index contributed by atoms with van der Waals surface area (Å²) in [5, 5.41) is 25.5. The quantitative estimate of drug-likeness (QED) is 0.745. The molecule has 4 heterocycles. The van der Waals surface area contributed by atoms with Crippen molar-refractivity contribution >= 4 is 17.3 Å². The van der Waals surface area contributed by atoms with E-state index in [9.17, 15) is 0 Å². The van der Waals surface area contributed by atoms with Crippen LogP contribution in [0, 0.1) is 17.2 Å². The van der Waals surface area contributed by atoms with Crippen LogP contribution in [0.4, 0.5) is 11.6 Å². The number of rotatable bonds is 5. The molecule has 0 unspecified atom stereocenters. The van der Waals surface area contributed by atoms with Crippen LogP contribution in [0.5, 0.6) is 0 Å². The SMILES string of the molecule is N#Cc1ccc(NCC2CN(c3ccc4nnc(C5CCC5)n4n3)C2)nc1. The summed E-state index contributed by atoms with van der Waals surface area (Å²) in [6.07, 6.45) is 5.24. The molecular formula is C19H20N8. The van der Waals surface area contributed by atoms with Gasteiger partial charge in [0.05, 0.1) is 5.56 Å². The van der Waals surface area contributed by atoms with Gasteiger partial charge in [-0.3, -0.25) is 0 Å². The summed E-state index contributed by atoms with van der Waals surface area (Å²) < 4.78 is 1.92. The van der Waals surface area contributed by atoms with Gasteiger partial charge in [-0.05, 0) is 37.1 Å². The Hall–Kier alpha value is -3.21. The Morgan fingerprint density at radius 1 is 1.15 bits per heavy atom. The smallest absolute Gasteiger partial charge is 0.178 e. The van der Waals surface area contributed by atoms with Gasteiger partial charge in [-0.1, -0.05) is 6.42 Å². The van der Waals surface area contributed by atoms with Crippen LogP contribution in [-0.2, 0) is 0 Å². The van der Waals surface area contributed by atoms with Gasteiger partial charge in [-0.2, -0.15) is 9.78 Å². The van der Waals surface area contributed by atoms with Crippen LogP contribution in [0.1, 0.15) is 36.6 Å². The van der Waals surface area contributed by atoms with Crippen molar-refractivity contribution in [3.05, 3.63) is 41.9 Å². The Labute approximate surface area is 156 Å². The van der Waals surface area contributed by atoms with E-state index in [1.165, 1.54) is 19.3 Å². The van der Waals surface area contributed by atoms with Gasteiger partial charge in [-0.15, -0.1) is 15.3 Å². The van der Waals surface area contributed by atoms with E-state index in [1.54, 1.807) is 12.3 Å². The lowest BCUT2D eigenvalue weighted by Gasteiger charge is -2.40. The van der Waals surface area contributed by atoms with Crippen molar-refractivity contribution in [2.75, 3.05) is 29.9 Å². The first-order chi connectivity index (χ1) is 13.3. The minimum Gasteiger partial charge on any atom is -0.370 e. The zero-order valence-corrected chi connectivity index (χ0v) is 14.9. The minimum absolute atomic E-state index is 0.510. The largest absolute Gasteiger partial charge is 0.370 e. The highest BCUT2D eigenvalue weighted by Crippen LogP contribution is 2.35. The van der Waals surface area contributed by atoms with Crippen molar-refractivity contribution in [3.63, 3.8) is 0 Å². The first-order valence-corrected chi connectivity index (χ1v) is 9.37. The number of aromatic nitrogens is 5. The van der Waals surface area contributed by atoms with Crippen LogP contribution in [0.2, 0.25) is 0 Å². The summed E-state index contributed by atoms with van der Waals surface area (Å²) in [6, 6.07) is 9.74. The van der Waals surface area contributed by atoms with E-state index in [0.717, 1.165) is 42.7 Å². The van der Waals surface area contributed by atoms with E-state index in [0.29, 0.717) is 17.4 Å². The summed E-state index contributed by atoms with van der Waals surface area (Å²) >= 11 is 0. The summed E-state index contributed by atoms with van der Waals surface area (Å²) in [5.41, 5.74) is 1.40. The molecule has 2 fully saturated rings. The van der Waals surface area contributed by atoms with E-state index < -0.39 is 0 Å². The fraction of sp³-hybridized carbons (Fsp3) is 0.421. The average Bonchev–Trinajstić information content (AvgIpc) is 3.02. The molecule has 3 aromatic heterocycles. The molecule has 136 valence electrons. The number of nitrogens with one attached hydrogen (secondary N) is 1. The zero-order chi connectivity index (χ0) is 18.2. The van der Waals surface area contributed by atoms with Crippen molar-refractivity contribution < 1.29 is 0 Å². The topological polar surface area (TPSA) is 95.0 Å². The molecule has 1 N–H and O–H groups in total. The molecule has 3 aromatic rings. The molecule has 27 heavy (non-hydrogen) atoms. The second-order valence-electron chi connectivity index (χ2n) is 7.34. The number of pyridine rings is 1. The van der Waals surface area contributed by atoms with E-state index in [1.807, 2.05) is 22.7 Å². The number of hydrogen-bond donors (Lipinski definition) is 1. The van der Waals surface area contributed by atoms with Crippen molar-refractivity contribution in [3.8, 4) is 6.07 Å². The average molecular weight is 360 g/mol. The molecule has 0 radical (unpaired) electrons. The number of fused-ring (bicyclic) bond motifs is 1. The lowest BCUT2D eigenvalue weighted by atomic mass is 9.85. The highest BCUT2D eigenvalue weighted by molar-refractivity contribution is 5.48. The van der Waals surface area contributed by atoms with Gasteiger partial charge >= 0.3 is 0 Å². The monoisotopic (exact) mass is 360 g/mol. The predicted molar refractivity (Wildman–Crippen MR) is 101 cm³/mol. The maximum absolute atomic E-state index is 8.82. The molecule has 0 atom stereocenters. The highest BCUT2D eigenvalue weighted by Gasteiger charge is 2.29. The Bertz CT molecular complexity index is 993. The third-order valence-corrected chi connectivity index (χ3v) is 5.49. The molecule has 1 saturated heterocycles. The zero-order valence-electron chi connectivity index (χ0n) is 14.9. The normalized spacial score (nSPS) is 17.4. The Morgan fingerprint density at radius 3 is 2.74 bits per heavy atom. The molecule has 1 aliphatic heterocycles. The summed E-state index contributed by atoms with van der Waals surface area (Å²) in [7, 11) is 0. The molecule has 0 amide bonds. The Morgan fingerprint density at radius 2 is 2.04 bits per heavy atom. The van der Waals surface area contributed by atoms with Gasteiger partial charge in [0.2, 0.25) is 0 Å². The van der Waals surface area contributed by atoms with Crippen LogP contribution in [0.25, 0.3) is 5.65 Å². The molecule has 8 heteroatoms. The number of anilines is 2. The molecule has 1 saturated carbocycles. The van der Waals surface area contributed by atoms with Crippen LogP contribution < -0.4 is 10.2 Å². The molecule has 1 aliphatic carbocycles. The molecule has 8 nitrogen and oxygen atoms in total. The first kappa shape index (κ1) is 16.0. The third-order valence-electron chi connectivity index (χ3n) is 5.49. The van der Waals surface area contributed by atoms with Gasteiger partial charge in [-0.25, -0.2) is 4.98 Å². The fourth-order valence-corrected chi connectivity index (χ4v) is 3.58. The second kappa shape index (κ2) is 6.50. The Balaban J connectivity index is 1.20. The second-order valence-corrected chi connectivity index (χ2v) is 7.34. The standard InChI is InChI=1S/C19H20N8/c20-8-13-4-5-16(21-9-13)22-10-14-11-26(12-14)18-7-6-17-23-24-19(27(17)25-18)15-2-1-3-15/h4-7,9,14-15H,1-3,10-12H2,(H,21,22). The van der Waals surface area contributed by atoms with Gasteiger partial charge in [0.1, 0.15) is 17.7 Å². The van der Waals surface area contributed by atoms with Crippen molar-refractivity contribution in [2.24, 2.45) is 5.92 Å². The maximum Gasteiger partial charge on any atom is 0.178 e. The minimum atomic E-state index is 0.510. The lowest BCUT2D eigenvalue weighted by molar-refractivity contribution is 0.393. The van der Waals surface area contributed by atoms with Crippen LogP contribution in [-0.4, -0.2) is 44.4 Å².